The Balaban J connectivity index is 1.53. The first-order valence-electron chi connectivity index (χ1n) is 8.79. The van der Waals surface area contributed by atoms with Gasteiger partial charge in [0.25, 0.3) is 0 Å². The zero-order valence-corrected chi connectivity index (χ0v) is 15.3. The Bertz CT molecular complexity index is 888. The third-order valence-corrected chi connectivity index (χ3v) is 5.57. The smallest absolute Gasteiger partial charge is 0.224 e. The van der Waals surface area contributed by atoms with Crippen LogP contribution in [0.4, 0.5) is 9.52 Å². The molecule has 1 aromatic carbocycles. The fourth-order valence-corrected chi connectivity index (χ4v) is 4.18. The van der Waals surface area contributed by atoms with E-state index >= 15 is 0 Å². The quantitative estimate of drug-likeness (QED) is 0.764. The van der Waals surface area contributed by atoms with Gasteiger partial charge < -0.3 is 10.2 Å². The highest BCUT2D eigenvalue weighted by Gasteiger charge is 2.27. The Morgan fingerprint density at radius 1 is 1.38 bits per heavy atom. The van der Waals surface area contributed by atoms with Crippen LogP contribution in [0.1, 0.15) is 19.8 Å². The summed E-state index contributed by atoms with van der Waals surface area (Å²) in [6.45, 7) is 4.18. The number of nitrogens with zero attached hydrogens (tertiary/aromatic N) is 4. The van der Waals surface area contributed by atoms with Gasteiger partial charge in [-0.05, 0) is 44.0 Å². The monoisotopic (exact) mass is 373 g/mol. The molecular weight excluding hydrogens is 353 g/mol. The summed E-state index contributed by atoms with van der Waals surface area (Å²) >= 11 is 1.51. The molecule has 2 aromatic heterocycles. The van der Waals surface area contributed by atoms with Crippen molar-refractivity contribution in [2.45, 2.75) is 19.8 Å². The minimum atomic E-state index is -0.262. The second-order valence-electron chi connectivity index (χ2n) is 6.42. The second kappa shape index (κ2) is 7.03. The van der Waals surface area contributed by atoms with E-state index in [1.807, 2.05) is 13.1 Å². The van der Waals surface area contributed by atoms with Crippen LogP contribution in [0.5, 0.6) is 0 Å². The van der Waals surface area contributed by atoms with Gasteiger partial charge in [0.15, 0.2) is 0 Å². The van der Waals surface area contributed by atoms with E-state index < -0.39 is 0 Å². The van der Waals surface area contributed by atoms with Crippen molar-refractivity contribution in [3.05, 3.63) is 36.3 Å². The van der Waals surface area contributed by atoms with E-state index in [1.54, 1.807) is 16.6 Å². The second-order valence-corrected chi connectivity index (χ2v) is 7.36. The summed E-state index contributed by atoms with van der Waals surface area (Å²) in [5.74, 6) is -0.131. The van der Waals surface area contributed by atoms with Crippen molar-refractivity contribution in [2.75, 3.05) is 24.5 Å². The summed E-state index contributed by atoms with van der Waals surface area (Å²) in [6, 6.07) is 6.28. The van der Waals surface area contributed by atoms with Crippen LogP contribution in [-0.2, 0) is 4.79 Å². The van der Waals surface area contributed by atoms with Crippen LogP contribution < -0.4 is 10.2 Å². The molecule has 1 amide bonds. The number of nitrogens with one attached hydrogen (secondary N) is 1. The predicted octanol–water partition coefficient (Wildman–Crippen LogP) is 2.95. The van der Waals surface area contributed by atoms with E-state index in [9.17, 15) is 9.18 Å². The van der Waals surface area contributed by atoms with Gasteiger partial charge in [0.05, 0.1) is 17.8 Å². The van der Waals surface area contributed by atoms with E-state index in [0.29, 0.717) is 13.1 Å². The summed E-state index contributed by atoms with van der Waals surface area (Å²) in [7, 11) is 0. The molecule has 1 unspecified atom stereocenters. The highest BCUT2D eigenvalue weighted by atomic mass is 32.1. The molecule has 0 spiro atoms. The molecule has 1 saturated heterocycles. The molecule has 26 heavy (non-hydrogen) atoms. The van der Waals surface area contributed by atoms with E-state index in [-0.39, 0.29) is 17.6 Å². The maximum atomic E-state index is 13.1. The number of fused-ring (bicyclic) bond motifs is 1. The third-order valence-electron chi connectivity index (χ3n) is 4.59. The summed E-state index contributed by atoms with van der Waals surface area (Å²) in [4.78, 5) is 19.7. The number of carbonyl (C=O) groups excluding carboxylic acids is 1. The molecule has 0 radical (unpaired) electrons. The van der Waals surface area contributed by atoms with Crippen molar-refractivity contribution in [2.24, 2.45) is 5.92 Å². The van der Waals surface area contributed by atoms with Crippen LogP contribution in [0, 0.1) is 11.7 Å². The van der Waals surface area contributed by atoms with Gasteiger partial charge in [-0.3, -0.25) is 4.79 Å². The highest BCUT2D eigenvalue weighted by molar-refractivity contribution is 7.20. The molecule has 8 heteroatoms. The lowest BCUT2D eigenvalue weighted by molar-refractivity contribution is -0.125. The number of hydrogen-bond donors (Lipinski definition) is 1. The van der Waals surface area contributed by atoms with Crippen molar-refractivity contribution in [3.63, 3.8) is 0 Å². The molecule has 3 aromatic rings. The molecule has 6 nitrogen and oxygen atoms in total. The largest absolute Gasteiger partial charge is 0.356 e. The third kappa shape index (κ3) is 3.29. The van der Waals surface area contributed by atoms with Crippen LogP contribution in [0.15, 0.2) is 30.5 Å². The van der Waals surface area contributed by atoms with Crippen LogP contribution in [0.25, 0.3) is 16.2 Å². The van der Waals surface area contributed by atoms with E-state index in [4.69, 9.17) is 0 Å². The normalized spacial score (nSPS) is 17.6. The molecule has 1 aliphatic heterocycles. The fourth-order valence-electron chi connectivity index (χ4n) is 3.26. The molecule has 136 valence electrons. The van der Waals surface area contributed by atoms with E-state index in [1.165, 1.54) is 23.5 Å². The number of imidazole rings is 1. The molecule has 3 heterocycles. The van der Waals surface area contributed by atoms with Gasteiger partial charge in [-0.25, -0.2) is 13.9 Å². The number of halogens is 1. The van der Waals surface area contributed by atoms with Crippen molar-refractivity contribution in [1.82, 2.24) is 19.9 Å². The maximum absolute atomic E-state index is 13.1. The number of anilines is 1. The van der Waals surface area contributed by atoms with E-state index in [2.05, 4.69) is 20.3 Å². The SMILES string of the molecule is CCNC(=O)C1CCCN(c2nn3cc(-c4ccc(F)cc4)nc3s2)C1. The van der Waals surface area contributed by atoms with Crippen molar-refractivity contribution >= 4 is 27.3 Å². The predicted molar refractivity (Wildman–Crippen MR) is 99.9 cm³/mol. The summed E-state index contributed by atoms with van der Waals surface area (Å²) in [5, 5.41) is 8.43. The lowest BCUT2D eigenvalue weighted by atomic mass is 9.97. The minimum Gasteiger partial charge on any atom is -0.356 e. The summed E-state index contributed by atoms with van der Waals surface area (Å²) < 4.78 is 14.8. The molecule has 1 N–H and O–H groups in total. The Morgan fingerprint density at radius 3 is 2.92 bits per heavy atom. The lowest BCUT2D eigenvalue weighted by Gasteiger charge is -2.31. The number of hydrogen-bond acceptors (Lipinski definition) is 5. The minimum absolute atomic E-state index is 0.00898. The van der Waals surface area contributed by atoms with Gasteiger partial charge in [0, 0.05) is 25.2 Å². The van der Waals surface area contributed by atoms with Crippen molar-refractivity contribution in [1.29, 1.82) is 0 Å². The molecule has 0 bridgehead atoms. The van der Waals surface area contributed by atoms with Gasteiger partial charge in [-0.2, -0.15) is 0 Å². The van der Waals surface area contributed by atoms with Gasteiger partial charge in [-0.1, -0.05) is 11.3 Å². The van der Waals surface area contributed by atoms with Crippen LogP contribution in [0.2, 0.25) is 0 Å². The molecule has 0 saturated carbocycles. The molecule has 4 rings (SSSR count). The zero-order valence-electron chi connectivity index (χ0n) is 14.5. The Hall–Kier alpha value is -2.48. The number of rotatable bonds is 4. The number of benzene rings is 1. The van der Waals surface area contributed by atoms with Crippen LogP contribution in [-0.4, -0.2) is 40.1 Å². The Labute approximate surface area is 154 Å². The van der Waals surface area contributed by atoms with Crippen LogP contribution in [0.3, 0.4) is 0 Å². The Kier molecular flexibility index (Phi) is 4.58. The van der Waals surface area contributed by atoms with Gasteiger partial charge >= 0.3 is 0 Å². The first-order chi connectivity index (χ1) is 12.6. The molecule has 0 aliphatic carbocycles. The average Bonchev–Trinajstić information content (AvgIpc) is 3.22. The van der Waals surface area contributed by atoms with E-state index in [0.717, 1.165) is 40.7 Å². The van der Waals surface area contributed by atoms with Crippen molar-refractivity contribution < 1.29 is 9.18 Å². The number of carbonyl (C=O) groups is 1. The van der Waals surface area contributed by atoms with Gasteiger partial charge in [-0.15, -0.1) is 5.10 Å². The van der Waals surface area contributed by atoms with Crippen molar-refractivity contribution in [3.8, 4) is 11.3 Å². The first kappa shape index (κ1) is 17.0. The summed E-state index contributed by atoms with van der Waals surface area (Å²) in [5.41, 5.74) is 1.63. The number of amides is 1. The first-order valence-corrected chi connectivity index (χ1v) is 9.60. The zero-order chi connectivity index (χ0) is 18.1. The molecule has 1 fully saturated rings. The highest BCUT2D eigenvalue weighted by Crippen LogP contribution is 2.29. The molecule has 1 atom stereocenters. The number of aromatic nitrogens is 3. The summed E-state index contributed by atoms with van der Waals surface area (Å²) in [6.07, 6.45) is 3.75. The maximum Gasteiger partial charge on any atom is 0.224 e. The standard InChI is InChI=1S/C18H20FN5OS/c1-2-20-16(25)13-4-3-9-23(10-13)18-22-24-11-15(21-17(24)26-18)12-5-7-14(19)8-6-12/h5-8,11,13H,2-4,9-10H2,1H3,(H,20,25). The topological polar surface area (TPSA) is 62.5 Å². The Morgan fingerprint density at radius 2 is 2.19 bits per heavy atom. The lowest BCUT2D eigenvalue weighted by Crippen LogP contribution is -2.43. The fraction of sp³-hybridized carbons (Fsp3) is 0.389. The molecule has 1 aliphatic rings. The molecular formula is C18H20FN5OS. The van der Waals surface area contributed by atoms with Crippen LogP contribution >= 0.6 is 11.3 Å². The number of piperidine rings is 1. The van der Waals surface area contributed by atoms with Gasteiger partial charge in [0.2, 0.25) is 16.0 Å². The van der Waals surface area contributed by atoms with Gasteiger partial charge in [0.1, 0.15) is 5.82 Å². The average molecular weight is 373 g/mol.